The summed E-state index contributed by atoms with van der Waals surface area (Å²) in [5.41, 5.74) is 0.0277. The third-order valence-electron chi connectivity index (χ3n) is 4.82. The number of hydrogen-bond acceptors (Lipinski definition) is 6. The molecule has 8 nitrogen and oxygen atoms in total. The van der Waals surface area contributed by atoms with Crippen molar-refractivity contribution in [3.63, 3.8) is 0 Å². The number of carbonyl (C=O) groups is 1. The number of benzene rings is 2. The van der Waals surface area contributed by atoms with Crippen molar-refractivity contribution in [3.05, 3.63) is 53.6 Å². The standard InChI is InChI=1S/C21H24F2N2O6S/c1-3-31-16-12-25(8-9-30-13-16)32(27,28)20-10-14(4-7-19(20)29-2)21(26)24-15-5-6-17(22)18(23)11-15/h4-7,10-11,16H,3,8-9,12-13H2,1-2H3,(H,24,26). The van der Waals surface area contributed by atoms with E-state index in [2.05, 4.69) is 5.32 Å². The topological polar surface area (TPSA) is 94.2 Å². The lowest BCUT2D eigenvalue weighted by atomic mass is 10.2. The highest BCUT2D eigenvalue weighted by Crippen LogP contribution is 2.29. The second kappa shape index (κ2) is 10.3. The van der Waals surface area contributed by atoms with Crippen molar-refractivity contribution in [1.82, 2.24) is 4.31 Å². The first-order chi connectivity index (χ1) is 15.3. The van der Waals surface area contributed by atoms with Crippen molar-refractivity contribution in [1.29, 1.82) is 0 Å². The van der Waals surface area contributed by atoms with E-state index in [0.29, 0.717) is 6.61 Å². The molecule has 0 aromatic heterocycles. The molecule has 174 valence electrons. The van der Waals surface area contributed by atoms with E-state index in [-0.39, 0.29) is 48.2 Å². The Bertz CT molecular complexity index is 1080. The first kappa shape index (κ1) is 24.1. The smallest absolute Gasteiger partial charge is 0.255 e. The minimum Gasteiger partial charge on any atom is -0.495 e. The molecule has 0 radical (unpaired) electrons. The number of carbonyl (C=O) groups excluding carboxylic acids is 1. The highest BCUT2D eigenvalue weighted by atomic mass is 32.2. The molecular weight excluding hydrogens is 446 g/mol. The fourth-order valence-electron chi connectivity index (χ4n) is 3.24. The molecule has 2 aromatic carbocycles. The quantitative estimate of drug-likeness (QED) is 0.669. The molecule has 0 aliphatic carbocycles. The molecule has 1 atom stereocenters. The number of nitrogens with one attached hydrogen (secondary N) is 1. The Labute approximate surface area is 185 Å². The minimum atomic E-state index is -4.06. The average molecular weight is 470 g/mol. The van der Waals surface area contributed by atoms with Gasteiger partial charge < -0.3 is 19.5 Å². The number of amides is 1. The van der Waals surface area contributed by atoms with E-state index in [1.807, 2.05) is 6.92 Å². The zero-order chi connectivity index (χ0) is 23.3. The normalized spacial score (nSPS) is 17.6. The van der Waals surface area contributed by atoms with Crippen LogP contribution in [0.5, 0.6) is 5.75 Å². The zero-order valence-corrected chi connectivity index (χ0v) is 18.5. The highest BCUT2D eigenvalue weighted by Gasteiger charge is 2.32. The lowest BCUT2D eigenvalue weighted by Crippen LogP contribution is -2.39. The van der Waals surface area contributed by atoms with Gasteiger partial charge in [-0.3, -0.25) is 4.79 Å². The van der Waals surface area contributed by atoms with Crippen molar-refractivity contribution >= 4 is 21.6 Å². The molecular formula is C21H24F2N2O6S. The molecule has 1 saturated heterocycles. The van der Waals surface area contributed by atoms with Crippen LogP contribution < -0.4 is 10.1 Å². The molecule has 1 aliphatic rings. The lowest BCUT2D eigenvalue weighted by Gasteiger charge is -2.24. The molecule has 0 bridgehead atoms. The number of anilines is 1. The Morgan fingerprint density at radius 3 is 2.69 bits per heavy atom. The molecule has 1 N–H and O–H groups in total. The van der Waals surface area contributed by atoms with Gasteiger partial charge in [-0.05, 0) is 37.3 Å². The monoisotopic (exact) mass is 470 g/mol. The molecule has 0 spiro atoms. The summed E-state index contributed by atoms with van der Waals surface area (Å²) in [6.45, 7) is 2.88. The zero-order valence-electron chi connectivity index (χ0n) is 17.6. The molecule has 0 saturated carbocycles. The number of nitrogens with zero attached hydrogens (tertiary/aromatic N) is 1. The van der Waals surface area contributed by atoms with Gasteiger partial charge in [0.15, 0.2) is 11.6 Å². The highest BCUT2D eigenvalue weighted by molar-refractivity contribution is 7.89. The summed E-state index contributed by atoms with van der Waals surface area (Å²) in [7, 11) is -2.74. The molecule has 1 fully saturated rings. The summed E-state index contributed by atoms with van der Waals surface area (Å²) < 4.78 is 70.8. The second-order valence-electron chi connectivity index (χ2n) is 6.96. The molecule has 1 heterocycles. The summed E-state index contributed by atoms with van der Waals surface area (Å²) in [6, 6.07) is 6.83. The van der Waals surface area contributed by atoms with Crippen molar-refractivity contribution in [2.45, 2.75) is 17.9 Å². The molecule has 11 heteroatoms. The van der Waals surface area contributed by atoms with Crippen LogP contribution in [0.3, 0.4) is 0 Å². The SMILES string of the molecule is CCOC1COCCN(S(=O)(=O)c2cc(C(=O)Nc3ccc(F)c(F)c3)ccc2OC)C1. The summed E-state index contributed by atoms with van der Waals surface area (Å²) in [6.07, 6.45) is -0.428. The van der Waals surface area contributed by atoms with Crippen LogP contribution in [-0.2, 0) is 19.5 Å². The van der Waals surface area contributed by atoms with Gasteiger partial charge in [-0.15, -0.1) is 0 Å². The Kier molecular flexibility index (Phi) is 7.77. The summed E-state index contributed by atoms with van der Waals surface area (Å²) in [5, 5.41) is 2.42. The first-order valence-corrected chi connectivity index (χ1v) is 11.3. The van der Waals surface area contributed by atoms with Crippen molar-refractivity contribution in [2.75, 3.05) is 45.3 Å². The van der Waals surface area contributed by atoms with Gasteiger partial charge in [0.05, 0.1) is 26.4 Å². The van der Waals surface area contributed by atoms with E-state index in [0.717, 1.165) is 12.1 Å². The fraction of sp³-hybridized carbons (Fsp3) is 0.381. The van der Waals surface area contributed by atoms with Crippen LogP contribution in [0, 0.1) is 11.6 Å². The van der Waals surface area contributed by atoms with Crippen LogP contribution in [0.15, 0.2) is 41.3 Å². The van der Waals surface area contributed by atoms with Gasteiger partial charge in [-0.25, -0.2) is 17.2 Å². The van der Waals surface area contributed by atoms with Gasteiger partial charge in [0.2, 0.25) is 10.0 Å². The summed E-state index contributed by atoms with van der Waals surface area (Å²) in [5.74, 6) is -2.80. The van der Waals surface area contributed by atoms with E-state index in [9.17, 15) is 22.0 Å². The van der Waals surface area contributed by atoms with Gasteiger partial charge in [-0.1, -0.05) is 0 Å². The van der Waals surface area contributed by atoms with E-state index in [4.69, 9.17) is 14.2 Å². The Balaban J connectivity index is 1.90. The maximum Gasteiger partial charge on any atom is 0.255 e. The molecule has 3 rings (SSSR count). The van der Waals surface area contributed by atoms with Crippen LogP contribution in [0.25, 0.3) is 0 Å². The molecule has 1 amide bonds. The average Bonchev–Trinajstić information content (AvgIpc) is 3.02. The van der Waals surface area contributed by atoms with E-state index < -0.39 is 33.7 Å². The van der Waals surface area contributed by atoms with Crippen LogP contribution in [-0.4, -0.2) is 64.8 Å². The van der Waals surface area contributed by atoms with Crippen molar-refractivity contribution in [3.8, 4) is 5.75 Å². The van der Waals surface area contributed by atoms with Gasteiger partial charge in [0.25, 0.3) is 5.91 Å². The minimum absolute atomic E-state index is 0.00142. The number of sulfonamides is 1. The third-order valence-corrected chi connectivity index (χ3v) is 6.71. The van der Waals surface area contributed by atoms with E-state index >= 15 is 0 Å². The largest absolute Gasteiger partial charge is 0.495 e. The Morgan fingerprint density at radius 1 is 1.22 bits per heavy atom. The third kappa shape index (κ3) is 5.41. The van der Waals surface area contributed by atoms with Gasteiger partial charge >= 0.3 is 0 Å². The Hall–Kier alpha value is -2.60. The van der Waals surface area contributed by atoms with Gasteiger partial charge in [0.1, 0.15) is 10.6 Å². The predicted molar refractivity (Wildman–Crippen MR) is 112 cm³/mol. The van der Waals surface area contributed by atoms with Gasteiger partial charge in [-0.2, -0.15) is 4.31 Å². The molecule has 32 heavy (non-hydrogen) atoms. The first-order valence-electron chi connectivity index (χ1n) is 9.90. The van der Waals surface area contributed by atoms with Crippen LogP contribution in [0.4, 0.5) is 14.5 Å². The number of hydrogen-bond donors (Lipinski definition) is 1. The number of methoxy groups -OCH3 is 1. The van der Waals surface area contributed by atoms with Gasteiger partial charge in [0, 0.05) is 37.0 Å². The maximum absolute atomic E-state index is 13.4. The maximum atomic E-state index is 13.4. The Morgan fingerprint density at radius 2 is 2.00 bits per heavy atom. The number of rotatable bonds is 7. The lowest BCUT2D eigenvalue weighted by molar-refractivity contribution is 0.00307. The summed E-state index contributed by atoms with van der Waals surface area (Å²) in [4.78, 5) is 12.4. The van der Waals surface area contributed by atoms with E-state index in [1.165, 1.54) is 35.7 Å². The fourth-order valence-corrected chi connectivity index (χ4v) is 4.88. The summed E-state index contributed by atoms with van der Waals surface area (Å²) >= 11 is 0. The molecule has 2 aromatic rings. The molecule has 1 unspecified atom stereocenters. The molecule has 1 aliphatic heterocycles. The van der Waals surface area contributed by atoms with Crippen molar-refractivity contribution in [2.24, 2.45) is 0 Å². The van der Waals surface area contributed by atoms with Crippen LogP contribution >= 0.6 is 0 Å². The van der Waals surface area contributed by atoms with Crippen molar-refractivity contribution < 1.29 is 36.2 Å². The second-order valence-corrected chi connectivity index (χ2v) is 8.87. The number of ether oxygens (including phenoxy) is 3. The predicted octanol–water partition coefficient (Wildman–Crippen LogP) is 2.65. The van der Waals surface area contributed by atoms with E-state index in [1.54, 1.807) is 0 Å². The van der Waals surface area contributed by atoms with Crippen LogP contribution in [0.2, 0.25) is 0 Å². The number of halogens is 2. The van der Waals surface area contributed by atoms with Crippen LogP contribution in [0.1, 0.15) is 17.3 Å².